The highest BCUT2D eigenvalue weighted by atomic mass is 35.5. The first-order chi connectivity index (χ1) is 9.10. The van der Waals surface area contributed by atoms with Crippen molar-refractivity contribution in [2.45, 2.75) is 33.7 Å². The predicted octanol–water partition coefficient (Wildman–Crippen LogP) is 4.74. The Bertz CT molecular complexity index is 544. The van der Waals surface area contributed by atoms with Gasteiger partial charge in [0.1, 0.15) is 0 Å². The van der Waals surface area contributed by atoms with Gasteiger partial charge in [0.2, 0.25) is 0 Å². The zero-order chi connectivity index (χ0) is 13.8. The van der Waals surface area contributed by atoms with Gasteiger partial charge in [-0.15, -0.1) is 12.4 Å². The fourth-order valence-electron chi connectivity index (χ4n) is 2.38. The van der Waals surface area contributed by atoms with E-state index >= 15 is 0 Å². The smallest absolute Gasteiger partial charge is 0.0180 e. The molecule has 0 saturated heterocycles. The largest absolute Gasteiger partial charge is 0.326 e. The lowest BCUT2D eigenvalue weighted by molar-refractivity contribution is 0.647. The van der Waals surface area contributed by atoms with Gasteiger partial charge in [-0.3, -0.25) is 0 Å². The van der Waals surface area contributed by atoms with E-state index in [9.17, 15) is 0 Å². The van der Waals surface area contributed by atoms with Gasteiger partial charge in [-0.25, -0.2) is 0 Å². The normalized spacial score (nSPS) is 10.4. The predicted molar refractivity (Wildman–Crippen MR) is 90.3 cm³/mol. The van der Waals surface area contributed by atoms with Gasteiger partial charge in [-0.05, 0) is 53.1 Å². The maximum atomic E-state index is 5.78. The molecule has 0 spiro atoms. The van der Waals surface area contributed by atoms with Gasteiger partial charge in [0.25, 0.3) is 0 Å². The van der Waals surface area contributed by atoms with Crippen LogP contribution in [0.25, 0.3) is 11.1 Å². The fraction of sp³-hybridized carbons (Fsp3) is 0.333. The second-order valence-electron chi connectivity index (χ2n) is 5.64. The van der Waals surface area contributed by atoms with Crippen LogP contribution in [0.5, 0.6) is 0 Å². The van der Waals surface area contributed by atoms with Crippen LogP contribution in [0.15, 0.2) is 42.5 Å². The van der Waals surface area contributed by atoms with Gasteiger partial charge in [0.05, 0.1) is 0 Å². The zero-order valence-electron chi connectivity index (χ0n) is 12.5. The molecule has 1 nitrogen and oxygen atoms in total. The van der Waals surface area contributed by atoms with Gasteiger partial charge in [-0.1, -0.05) is 50.2 Å². The molecule has 0 saturated carbocycles. The molecule has 0 fully saturated rings. The summed E-state index contributed by atoms with van der Waals surface area (Å²) in [5, 5.41) is 0. The number of aryl methyl sites for hydroxylation is 1. The number of nitrogens with two attached hydrogens (primary N) is 1. The minimum absolute atomic E-state index is 0. The minimum Gasteiger partial charge on any atom is -0.326 e. The Kier molecular flexibility index (Phi) is 6.25. The molecule has 0 aliphatic rings. The summed E-state index contributed by atoms with van der Waals surface area (Å²) < 4.78 is 0. The summed E-state index contributed by atoms with van der Waals surface area (Å²) in [5.41, 5.74) is 12.2. The molecule has 0 aromatic heterocycles. The van der Waals surface area contributed by atoms with Gasteiger partial charge in [0, 0.05) is 6.54 Å². The van der Waals surface area contributed by atoms with Crippen LogP contribution in [0.3, 0.4) is 0 Å². The number of rotatable bonds is 4. The molecule has 0 bridgehead atoms. The summed E-state index contributed by atoms with van der Waals surface area (Å²) in [7, 11) is 0. The first kappa shape index (κ1) is 16.7. The van der Waals surface area contributed by atoms with Crippen LogP contribution in [0.2, 0.25) is 0 Å². The highest BCUT2D eigenvalue weighted by Crippen LogP contribution is 2.23. The molecule has 2 aromatic rings. The van der Waals surface area contributed by atoms with Crippen molar-refractivity contribution in [1.82, 2.24) is 0 Å². The fourth-order valence-corrected chi connectivity index (χ4v) is 2.38. The van der Waals surface area contributed by atoms with Crippen LogP contribution in [-0.2, 0) is 13.0 Å². The molecule has 0 atom stereocenters. The van der Waals surface area contributed by atoms with E-state index in [2.05, 4.69) is 63.2 Å². The van der Waals surface area contributed by atoms with Gasteiger partial charge in [-0.2, -0.15) is 0 Å². The highest BCUT2D eigenvalue weighted by Gasteiger charge is 2.03. The molecule has 2 aromatic carbocycles. The molecular weight excluding hydrogens is 266 g/mol. The molecule has 0 heterocycles. The SMILES string of the molecule is Cc1ccc(-c2ccc(CC(C)C)cc2)cc1CN.Cl. The Morgan fingerprint density at radius 3 is 2.10 bits per heavy atom. The Labute approximate surface area is 128 Å². The maximum absolute atomic E-state index is 5.78. The number of benzene rings is 2. The van der Waals surface area contributed by atoms with Crippen LogP contribution in [0.1, 0.15) is 30.5 Å². The van der Waals surface area contributed by atoms with Crippen molar-refractivity contribution in [3.05, 3.63) is 59.2 Å². The molecule has 0 unspecified atom stereocenters. The minimum atomic E-state index is 0. The van der Waals surface area contributed by atoms with E-state index in [1.807, 2.05) is 0 Å². The Morgan fingerprint density at radius 2 is 1.55 bits per heavy atom. The summed E-state index contributed by atoms with van der Waals surface area (Å²) in [4.78, 5) is 0. The molecule has 2 N–H and O–H groups in total. The monoisotopic (exact) mass is 289 g/mol. The Morgan fingerprint density at radius 1 is 0.950 bits per heavy atom. The Balaban J connectivity index is 0.00000200. The third-order valence-corrected chi connectivity index (χ3v) is 3.50. The van der Waals surface area contributed by atoms with Crippen molar-refractivity contribution in [3.63, 3.8) is 0 Å². The standard InChI is InChI=1S/C18H23N.ClH/c1-13(2)10-15-5-8-16(9-6-15)17-7-4-14(3)18(11-17)12-19;/h4-9,11,13H,10,12,19H2,1-3H3;1H. The number of hydrogen-bond donors (Lipinski definition) is 1. The molecular formula is C18H24ClN. The molecule has 2 rings (SSSR count). The topological polar surface area (TPSA) is 26.0 Å². The molecule has 0 amide bonds. The van der Waals surface area contributed by atoms with E-state index in [4.69, 9.17) is 5.73 Å². The number of hydrogen-bond acceptors (Lipinski definition) is 1. The maximum Gasteiger partial charge on any atom is 0.0180 e. The van der Waals surface area contributed by atoms with E-state index in [0.29, 0.717) is 12.5 Å². The van der Waals surface area contributed by atoms with Crippen LogP contribution in [-0.4, -0.2) is 0 Å². The van der Waals surface area contributed by atoms with Crippen molar-refractivity contribution in [2.75, 3.05) is 0 Å². The van der Waals surface area contributed by atoms with Crippen molar-refractivity contribution in [2.24, 2.45) is 11.7 Å². The quantitative estimate of drug-likeness (QED) is 0.864. The van der Waals surface area contributed by atoms with Crippen molar-refractivity contribution >= 4 is 12.4 Å². The average Bonchev–Trinajstić information content (AvgIpc) is 2.40. The lowest BCUT2D eigenvalue weighted by atomic mass is 9.97. The second-order valence-corrected chi connectivity index (χ2v) is 5.64. The van der Waals surface area contributed by atoms with E-state index < -0.39 is 0 Å². The van der Waals surface area contributed by atoms with Gasteiger partial charge in [0.15, 0.2) is 0 Å². The Hall–Kier alpha value is -1.31. The zero-order valence-corrected chi connectivity index (χ0v) is 13.3. The first-order valence-electron chi connectivity index (χ1n) is 6.99. The van der Waals surface area contributed by atoms with Gasteiger partial charge < -0.3 is 5.73 Å². The first-order valence-corrected chi connectivity index (χ1v) is 6.99. The third kappa shape index (κ3) is 4.09. The molecule has 108 valence electrons. The lowest BCUT2D eigenvalue weighted by Crippen LogP contribution is -1.99. The van der Waals surface area contributed by atoms with Gasteiger partial charge >= 0.3 is 0 Å². The van der Waals surface area contributed by atoms with Crippen molar-refractivity contribution in [1.29, 1.82) is 0 Å². The molecule has 0 aliphatic carbocycles. The summed E-state index contributed by atoms with van der Waals surface area (Å²) in [6, 6.07) is 15.4. The number of halogens is 1. The summed E-state index contributed by atoms with van der Waals surface area (Å²) >= 11 is 0. The van der Waals surface area contributed by atoms with E-state index in [0.717, 1.165) is 6.42 Å². The molecule has 2 heteroatoms. The van der Waals surface area contributed by atoms with Crippen LogP contribution in [0.4, 0.5) is 0 Å². The lowest BCUT2D eigenvalue weighted by Gasteiger charge is -2.09. The second kappa shape index (κ2) is 7.47. The van der Waals surface area contributed by atoms with Crippen LogP contribution < -0.4 is 5.73 Å². The van der Waals surface area contributed by atoms with E-state index in [1.165, 1.54) is 27.8 Å². The van der Waals surface area contributed by atoms with Crippen LogP contribution in [0, 0.1) is 12.8 Å². The summed E-state index contributed by atoms with van der Waals surface area (Å²) in [6.45, 7) is 7.21. The van der Waals surface area contributed by atoms with Crippen molar-refractivity contribution in [3.8, 4) is 11.1 Å². The van der Waals surface area contributed by atoms with E-state index in [-0.39, 0.29) is 12.4 Å². The van der Waals surface area contributed by atoms with E-state index in [1.54, 1.807) is 0 Å². The molecule has 0 aliphatic heterocycles. The average molecular weight is 290 g/mol. The summed E-state index contributed by atoms with van der Waals surface area (Å²) in [5.74, 6) is 0.703. The summed E-state index contributed by atoms with van der Waals surface area (Å²) in [6.07, 6.45) is 1.14. The highest BCUT2D eigenvalue weighted by molar-refractivity contribution is 5.85. The third-order valence-electron chi connectivity index (χ3n) is 3.50. The van der Waals surface area contributed by atoms with Crippen molar-refractivity contribution < 1.29 is 0 Å². The molecule has 0 radical (unpaired) electrons. The molecule has 20 heavy (non-hydrogen) atoms. The van der Waals surface area contributed by atoms with Crippen LogP contribution >= 0.6 is 12.4 Å².